The van der Waals surface area contributed by atoms with Crippen LogP contribution in [0.3, 0.4) is 0 Å². The molecule has 3 atom stereocenters. The van der Waals surface area contributed by atoms with Gasteiger partial charge in [-0.15, -0.1) is 0 Å². The van der Waals surface area contributed by atoms with E-state index >= 15 is 0 Å². The van der Waals surface area contributed by atoms with Crippen LogP contribution >= 0.6 is 0 Å². The van der Waals surface area contributed by atoms with Crippen LogP contribution in [0.5, 0.6) is 5.75 Å². The Morgan fingerprint density at radius 3 is 2.43 bits per heavy atom. The molecule has 1 aromatic carbocycles. The van der Waals surface area contributed by atoms with Crippen molar-refractivity contribution in [1.82, 2.24) is 14.8 Å². The maximum atomic E-state index is 12.8. The maximum absolute atomic E-state index is 12.8. The number of halogens is 3. The minimum absolute atomic E-state index is 0.0331. The van der Waals surface area contributed by atoms with Crippen LogP contribution in [0.4, 0.5) is 13.2 Å². The summed E-state index contributed by atoms with van der Waals surface area (Å²) in [5.74, 6) is 0.0148. The van der Waals surface area contributed by atoms with Crippen molar-refractivity contribution in [1.29, 1.82) is 0 Å². The lowest BCUT2D eigenvalue weighted by Gasteiger charge is -2.38. The van der Waals surface area contributed by atoms with E-state index in [9.17, 15) is 23.1 Å². The van der Waals surface area contributed by atoms with E-state index in [0.29, 0.717) is 13.1 Å². The first kappa shape index (κ1) is 20.7. The third-order valence-electron chi connectivity index (χ3n) is 6.59. The number of aromatic nitrogens is 1. The molecule has 0 saturated carbocycles. The predicted molar refractivity (Wildman–Crippen MR) is 105 cm³/mol. The number of hydrogen-bond donors (Lipinski definition) is 1. The summed E-state index contributed by atoms with van der Waals surface area (Å²) in [6.45, 7) is 7.29. The summed E-state index contributed by atoms with van der Waals surface area (Å²) in [5.41, 5.74) is 2.27. The lowest BCUT2D eigenvalue weighted by molar-refractivity contribution is -0.141. The van der Waals surface area contributed by atoms with Gasteiger partial charge in [0.25, 0.3) is 5.91 Å². The Labute approximate surface area is 173 Å². The average molecular weight is 419 g/mol. The van der Waals surface area contributed by atoms with Crippen molar-refractivity contribution >= 4 is 5.91 Å². The van der Waals surface area contributed by atoms with E-state index in [0.717, 1.165) is 35.4 Å². The number of fused-ring (bicyclic) bond motifs is 2. The fourth-order valence-electron chi connectivity index (χ4n) is 4.73. The van der Waals surface area contributed by atoms with Crippen LogP contribution in [-0.4, -0.2) is 51.0 Å². The first-order valence-corrected chi connectivity index (χ1v) is 9.97. The number of benzene rings is 1. The number of hydrogen-bond acceptors (Lipinski definition) is 4. The number of phenolic OH excluding ortho intramolecular Hbond substituents is 1. The van der Waals surface area contributed by atoms with Crippen molar-refractivity contribution in [2.24, 2.45) is 0 Å². The summed E-state index contributed by atoms with van der Waals surface area (Å²) >= 11 is 0. The zero-order valence-corrected chi connectivity index (χ0v) is 17.1. The van der Waals surface area contributed by atoms with Gasteiger partial charge in [-0.2, -0.15) is 13.2 Å². The number of likely N-dealkylation sites (tertiary alicyclic amines) is 2. The molecule has 2 aromatic rings. The van der Waals surface area contributed by atoms with E-state index in [2.05, 4.69) is 16.8 Å². The standard InChI is InChI=1S/C22H24F3N3O2/c1-12-13(2)19(29)6-5-18(12)14(3)27-10-17-8-16(27)11-28(17)21(30)15-4-7-20(26-9-15)22(23,24)25/h4-7,9,14,16-17,29H,8,10-11H2,1-3H3/t14-,16-,17-/m0/s1. The summed E-state index contributed by atoms with van der Waals surface area (Å²) in [6.07, 6.45) is -2.66. The summed E-state index contributed by atoms with van der Waals surface area (Å²) < 4.78 is 38.1. The summed E-state index contributed by atoms with van der Waals surface area (Å²) in [7, 11) is 0. The van der Waals surface area contributed by atoms with E-state index in [4.69, 9.17) is 0 Å². The number of carbonyl (C=O) groups is 1. The molecule has 1 N–H and O–H groups in total. The van der Waals surface area contributed by atoms with E-state index in [-0.39, 0.29) is 35.3 Å². The maximum Gasteiger partial charge on any atom is 0.433 e. The molecule has 30 heavy (non-hydrogen) atoms. The van der Waals surface area contributed by atoms with Crippen LogP contribution in [0, 0.1) is 13.8 Å². The van der Waals surface area contributed by atoms with Crippen LogP contribution in [0.15, 0.2) is 30.5 Å². The normalized spacial score (nSPS) is 22.5. The van der Waals surface area contributed by atoms with Gasteiger partial charge in [-0.3, -0.25) is 14.7 Å². The van der Waals surface area contributed by atoms with Crippen LogP contribution in [0.25, 0.3) is 0 Å². The number of piperazine rings is 1. The lowest BCUT2D eigenvalue weighted by Crippen LogP contribution is -2.49. The van der Waals surface area contributed by atoms with Gasteiger partial charge in [0, 0.05) is 37.4 Å². The molecular formula is C22H24F3N3O2. The van der Waals surface area contributed by atoms with Gasteiger partial charge in [0.1, 0.15) is 11.4 Å². The van der Waals surface area contributed by atoms with Crippen molar-refractivity contribution in [2.45, 2.75) is 51.5 Å². The Morgan fingerprint density at radius 2 is 1.87 bits per heavy atom. The zero-order chi connectivity index (χ0) is 21.8. The molecule has 5 nitrogen and oxygen atoms in total. The molecule has 1 aromatic heterocycles. The highest BCUT2D eigenvalue weighted by atomic mass is 19.4. The molecule has 2 aliphatic rings. The fraction of sp³-hybridized carbons (Fsp3) is 0.455. The quantitative estimate of drug-likeness (QED) is 0.815. The molecule has 2 saturated heterocycles. The second-order valence-corrected chi connectivity index (χ2v) is 8.23. The Balaban J connectivity index is 1.47. The van der Waals surface area contributed by atoms with E-state index in [1.165, 1.54) is 6.07 Å². The molecule has 8 heteroatoms. The molecular weight excluding hydrogens is 395 g/mol. The third-order valence-corrected chi connectivity index (χ3v) is 6.59. The van der Waals surface area contributed by atoms with Gasteiger partial charge in [-0.25, -0.2) is 0 Å². The lowest BCUT2D eigenvalue weighted by atomic mass is 9.96. The minimum atomic E-state index is -4.52. The molecule has 2 bridgehead atoms. The average Bonchev–Trinajstić information content (AvgIpc) is 3.31. The predicted octanol–water partition coefficient (Wildman–Crippen LogP) is 4.08. The smallest absolute Gasteiger partial charge is 0.433 e. The number of phenols is 1. The first-order valence-electron chi connectivity index (χ1n) is 9.97. The number of amides is 1. The highest BCUT2D eigenvalue weighted by Crippen LogP contribution is 2.39. The summed E-state index contributed by atoms with van der Waals surface area (Å²) in [6, 6.07) is 6.10. The van der Waals surface area contributed by atoms with Gasteiger partial charge in [0.05, 0.1) is 5.56 Å². The van der Waals surface area contributed by atoms with Gasteiger partial charge < -0.3 is 10.0 Å². The molecule has 4 rings (SSSR count). The largest absolute Gasteiger partial charge is 0.508 e. The van der Waals surface area contributed by atoms with Gasteiger partial charge in [0.2, 0.25) is 0 Å². The molecule has 1 amide bonds. The van der Waals surface area contributed by atoms with E-state index in [1.807, 2.05) is 19.9 Å². The van der Waals surface area contributed by atoms with Crippen LogP contribution in [0.1, 0.15) is 52.1 Å². The van der Waals surface area contributed by atoms with Crippen molar-refractivity contribution < 1.29 is 23.1 Å². The topological polar surface area (TPSA) is 56.7 Å². The third kappa shape index (κ3) is 3.43. The molecule has 0 spiro atoms. The number of rotatable bonds is 3. The second kappa shape index (κ2) is 7.27. The molecule has 160 valence electrons. The molecule has 0 unspecified atom stereocenters. The minimum Gasteiger partial charge on any atom is -0.508 e. The Bertz CT molecular complexity index is 975. The van der Waals surface area contributed by atoms with Crippen molar-refractivity contribution in [2.75, 3.05) is 13.1 Å². The number of carbonyl (C=O) groups excluding carboxylic acids is 1. The molecule has 2 aliphatic heterocycles. The number of alkyl halides is 3. The Hall–Kier alpha value is -2.61. The van der Waals surface area contributed by atoms with Gasteiger partial charge in [-0.1, -0.05) is 6.07 Å². The molecule has 0 radical (unpaired) electrons. The zero-order valence-electron chi connectivity index (χ0n) is 17.1. The van der Waals surface area contributed by atoms with Crippen LogP contribution in [-0.2, 0) is 6.18 Å². The highest BCUT2D eigenvalue weighted by Gasteiger charge is 2.47. The number of pyridine rings is 1. The molecule has 0 aliphatic carbocycles. The van der Waals surface area contributed by atoms with Crippen molar-refractivity contribution in [3.63, 3.8) is 0 Å². The monoisotopic (exact) mass is 419 g/mol. The van der Waals surface area contributed by atoms with Crippen LogP contribution < -0.4 is 0 Å². The highest BCUT2D eigenvalue weighted by molar-refractivity contribution is 5.94. The number of aromatic hydroxyl groups is 1. The van der Waals surface area contributed by atoms with Crippen LogP contribution in [0.2, 0.25) is 0 Å². The molecule has 3 heterocycles. The molecule has 2 fully saturated rings. The fourth-order valence-corrected chi connectivity index (χ4v) is 4.73. The van der Waals surface area contributed by atoms with E-state index < -0.39 is 11.9 Å². The second-order valence-electron chi connectivity index (χ2n) is 8.23. The number of nitrogens with zero attached hydrogens (tertiary/aromatic N) is 3. The van der Waals surface area contributed by atoms with E-state index in [1.54, 1.807) is 11.0 Å². The summed E-state index contributed by atoms with van der Waals surface area (Å²) in [5, 5.41) is 9.92. The summed E-state index contributed by atoms with van der Waals surface area (Å²) in [4.78, 5) is 20.4. The Morgan fingerprint density at radius 1 is 1.13 bits per heavy atom. The van der Waals surface area contributed by atoms with Gasteiger partial charge >= 0.3 is 6.18 Å². The van der Waals surface area contributed by atoms with Crippen molar-refractivity contribution in [3.8, 4) is 5.75 Å². The van der Waals surface area contributed by atoms with Gasteiger partial charge in [-0.05, 0) is 62.1 Å². The SMILES string of the molecule is Cc1c(O)ccc([C@H](C)N2C[C@@H]3C[C@H]2CN3C(=O)c2ccc(C(F)(F)F)nc2)c1C. The first-order chi connectivity index (χ1) is 14.1. The Kier molecular flexibility index (Phi) is 5.00. The van der Waals surface area contributed by atoms with Gasteiger partial charge in [0.15, 0.2) is 0 Å². The van der Waals surface area contributed by atoms with Crippen molar-refractivity contribution in [3.05, 3.63) is 58.4 Å².